The number of thiazole rings is 1. The summed E-state index contributed by atoms with van der Waals surface area (Å²) in [7, 11) is 0. The average molecular weight is 261 g/mol. The normalized spacial score (nSPS) is 23.9. The van der Waals surface area contributed by atoms with E-state index in [-0.39, 0.29) is 0 Å². The van der Waals surface area contributed by atoms with Gasteiger partial charge < -0.3 is 0 Å². The standard InChI is InChI=1S/C9H15N3S3/c10-12-7(5-9-11-1-2-15-9)8-6-13-3-4-14-8/h1-2,7-8,12H,3-6,10H2. The van der Waals surface area contributed by atoms with E-state index in [0.717, 1.165) is 6.42 Å². The second-order valence-corrected chi connectivity index (χ2v) is 6.86. The van der Waals surface area contributed by atoms with Gasteiger partial charge in [0.1, 0.15) is 0 Å². The van der Waals surface area contributed by atoms with E-state index < -0.39 is 0 Å². The average Bonchev–Trinajstić information content (AvgIpc) is 2.80. The van der Waals surface area contributed by atoms with E-state index in [1.165, 1.54) is 22.3 Å². The molecule has 2 rings (SSSR count). The third-order valence-electron chi connectivity index (χ3n) is 2.38. The van der Waals surface area contributed by atoms with Crippen LogP contribution in [-0.2, 0) is 6.42 Å². The van der Waals surface area contributed by atoms with Crippen LogP contribution in [0.5, 0.6) is 0 Å². The van der Waals surface area contributed by atoms with Gasteiger partial charge in [0.15, 0.2) is 0 Å². The van der Waals surface area contributed by atoms with Gasteiger partial charge in [0.25, 0.3) is 0 Å². The molecule has 0 amide bonds. The maximum Gasteiger partial charge on any atom is 0.0941 e. The van der Waals surface area contributed by atoms with Crippen molar-refractivity contribution in [1.82, 2.24) is 10.4 Å². The van der Waals surface area contributed by atoms with Crippen LogP contribution in [0.25, 0.3) is 0 Å². The van der Waals surface area contributed by atoms with Crippen LogP contribution < -0.4 is 11.3 Å². The summed E-state index contributed by atoms with van der Waals surface area (Å²) >= 11 is 5.77. The molecule has 1 aliphatic rings. The highest BCUT2D eigenvalue weighted by molar-refractivity contribution is 8.06. The lowest BCUT2D eigenvalue weighted by molar-refractivity contribution is 0.522. The molecule has 0 spiro atoms. The van der Waals surface area contributed by atoms with E-state index in [1.54, 1.807) is 11.3 Å². The third kappa shape index (κ3) is 3.35. The highest BCUT2D eigenvalue weighted by atomic mass is 32.2. The molecule has 2 atom stereocenters. The Kier molecular flexibility index (Phi) is 4.77. The van der Waals surface area contributed by atoms with E-state index >= 15 is 0 Å². The molecule has 0 aromatic carbocycles. The van der Waals surface area contributed by atoms with Gasteiger partial charge in [0.2, 0.25) is 0 Å². The second-order valence-electron chi connectivity index (χ2n) is 3.39. The first-order chi connectivity index (χ1) is 7.40. The summed E-state index contributed by atoms with van der Waals surface area (Å²) in [4.78, 5) is 4.31. The van der Waals surface area contributed by atoms with Crippen molar-refractivity contribution in [3.63, 3.8) is 0 Å². The van der Waals surface area contributed by atoms with Crippen molar-refractivity contribution in [2.45, 2.75) is 17.7 Å². The van der Waals surface area contributed by atoms with Crippen LogP contribution in [0.2, 0.25) is 0 Å². The van der Waals surface area contributed by atoms with Gasteiger partial charge in [-0.05, 0) is 0 Å². The molecule has 0 radical (unpaired) electrons. The summed E-state index contributed by atoms with van der Waals surface area (Å²) in [6.45, 7) is 0. The quantitative estimate of drug-likeness (QED) is 0.633. The molecule has 3 N–H and O–H groups in total. The van der Waals surface area contributed by atoms with Gasteiger partial charge in [-0.1, -0.05) is 0 Å². The zero-order valence-corrected chi connectivity index (χ0v) is 10.8. The summed E-state index contributed by atoms with van der Waals surface area (Å²) in [5, 5.41) is 3.82. The lowest BCUT2D eigenvalue weighted by Gasteiger charge is -2.28. The summed E-state index contributed by atoms with van der Waals surface area (Å²) in [5.41, 5.74) is 2.94. The minimum absolute atomic E-state index is 0.356. The van der Waals surface area contributed by atoms with E-state index in [0.29, 0.717) is 11.3 Å². The molecule has 3 nitrogen and oxygen atoms in total. The molecule has 1 fully saturated rings. The maximum absolute atomic E-state index is 5.62. The Morgan fingerprint density at radius 2 is 2.53 bits per heavy atom. The zero-order chi connectivity index (χ0) is 10.5. The molecule has 1 aromatic rings. The van der Waals surface area contributed by atoms with E-state index in [9.17, 15) is 0 Å². The topological polar surface area (TPSA) is 50.9 Å². The first kappa shape index (κ1) is 11.7. The number of nitrogens with two attached hydrogens (primary N) is 1. The van der Waals surface area contributed by atoms with Crippen LogP contribution >= 0.6 is 34.9 Å². The van der Waals surface area contributed by atoms with Crippen molar-refractivity contribution in [3.05, 3.63) is 16.6 Å². The number of rotatable bonds is 4. The van der Waals surface area contributed by atoms with Crippen molar-refractivity contribution in [2.75, 3.05) is 17.3 Å². The van der Waals surface area contributed by atoms with E-state index in [1.807, 2.05) is 35.1 Å². The summed E-state index contributed by atoms with van der Waals surface area (Å²) in [6.07, 6.45) is 2.81. The van der Waals surface area contributed by atoms with Crippen LogP contribution in [0.1, 0.15) is 5.01 Å². The fourth-order valence-electron chi connectivity index (χ4n) is 1.58. The number of nitrogens with one attached hydrogen (secondary N) is 1. The number of nitrogens with zero attached hydrogens (tertiary/aromatic N) is 1. The van der Waals surface area contributed by atoms with Crippen molar-refractivity contribution < 1.29 is 0 Å². The Balaban J connectivity index is 1.91. The van der Waals surface area contributed by atoms with Crippen LogP contribution in [0.4, 0.5) is 0 Å². The molecule has 1 saturated heterocycles. The Labute approximate surface area is 103 Å². The largest absolute Gasteiger partial charge is 0.271 e. The highest BCUT2D eigenvalue weighted by Crippen LogP contribution is 2.27. The molecule has 1 aromatic heterocycles. The number of thioether (sulfide) groups is 2. The summed E-state index contributed by atoms with van der Waals surface area (Å²) < 4.78 is 0. The number of hydrazine groups is 1. The van der Waals surface area contributed by atoms with Crippen molar-refractivity contribution in [3.8, 4) is 0 Å². The van der Waals surface area contributed by atoms with Crippen molar-refractivity contribution >= 4 is 34.9 Å². The minimum Gasteiger partial charge on any atom is -0.271 e. The minimum atomic E-state index is 0.356. The molecule has 15 heavy (non-hydrogen) atoms. The maximum atomic E-state index is 5.62. The molecule has 6 heteroatoms. The molecular formula is C9H15N3S3. The fraction of sp³-hybridized carbons (Fsp3) is 0.667. The smallest absolute Gasteiger partial charge is 0.0941 e. The predicted molar refractivity (Wildman–Crippen MR) is 70.5 cm³/mol. The van der Waals surface area contributed by atoms with E-state index in [2.05, 4.69) is 10.4 Å². The van der Waals surface area contributed by atoms with Gasteiger partial charge in [-0.15, -0.1) is 11.3 Å². The van der Waals surface area contributed by atoms with Gasteiger partial charge in [-0.3, -0.25) is 11.3 Å². The van der Waals surface area contributed by atoms with Gasteiger partial charge in [-0.2, -0.15) is 23.5 Å². The molecule has 0 saturated carbocycles. The molecule has 0 aliphatic carbocycles. The van der Waals surface area contributed by atoms with Crippen LogP contribution in [0.15, 0.2) is 11.6 Å². The van der Waals surface area contributed by atoms with Crippen LogP contribution in [0, 0.1) is 0 Å². The number of hydrogen-bond acceptors (Lipinski definition) is 6. The second kappa shape index (κ2) is 6.10. The lowest BCUT2D eigenvalue weighted by atomic mass is 10.1. The molecule has 0 bridgehead atoms. The first-order valence-electron chi connectivity index (χ1n) is 4.94. The Morgan fingerprint density at radius 3 is 3.13 bits per heavy atom. The Hall–Kier alpha value is 0.250. The van der Waals surface area contributed by atoms with Gasteiger partial charge >= 0.3 is 0 Å². The Morgan fingerprint density at radius 1 is 1.60 bits per heavy atom. The molecular weight excluding hydrogens is 246 g/mol. The van der Waals surface area contributed by atoms with Crippen LogP contribution in [0.3, 0.4) is 0 Å². The lowest BCUT2D eigenvalue weighted by Crippen LogP contribution is -2.46. The van der Waals surface area contributed by atoms with E-state index in [4.69, 9.17) is 5.84 Å². The molecule has 2 unspecified atom stereocenters. The third-order valence-corrected chi connectivity index (χ3v) is 6.10. The number of hydrogen-bond donors (Lipinski definition) is 2. The van der Waals surface area contributed by atoms with Crippen LogP contribution in [-0.4, -0.2) is 33.5 Å². The highest BCUT2D eigenvalue weighted by Gasteiger charge is 2.24. The molecule has 1 aliphatic heterocycles. The van der Waals surface area contributed by atoms with Gasteiger partial charge in [0, 0.05) is 46.5 Å². The first-order valence-corrected chi connectivity index (χ1v) is 8.02. The monoisotopic (exact) mass is 261 g/mol. The fourth-order valence-corrected chi connectivity index (χ4v) is 5.13. The zero-order valence-electron chi connectivity index (χ0n) is 8.39. The van der Waals surface area contributed by atoms with Gasteiger partial charge in [0.05, 0.1) is 5.01 Å². The SMILES string of the molecule is NNC(Cc1nccs1)C1CSCCS1. The van der Waals surface area contributed by atoms with Crippen molar-refractivity contribution in [1.29, 1.82) is 0 Å². The number of aromatic nitrogens is 1. The summed E-state index contributed by atoms with van der Waals surface area (Å²) in [5.74, 6) is 9.34. The van der Waals surface area contributed by atoms with Crippen molar-refractivity contribution in [2.24, 2.45) is 5.84 Å². The molecule has 84 valence electrons. The Bertz CT molecular complexity index is 272. The molecule has 2 heterocycles. The summed E-state index contributed by atoms with van der Waals surface area (Å²) in [6, 6.07) is 0.356. The predicted octanol–water partition coefficient (Wildman–Crippen LogP) is 1.37. The van der Waals surface area contributed by atoms with Gasteiger partial charge in [-0.25, -0.2) is 4.98 Å².